The van der Waals surface area contributed by atoms with Gasteiger partial charge < -0.3 is 24.4 Å². The van der Waals surface area contributed by atoms with Crippen molar-refractivity contribution in [2.75, 3.05) is 39.3 Å². The van der Waals surface area contributed by atoms with Crippen LogP contribution < -0.4 is 4.74 Å². The molecule has 1 aromatic rings. The number of rotatable bonds is 8. The van der Waals surface area contributed by atoms with Crippen molar-refractivity contribution in [1.29, 1.82) is 0 Å². The summed E-state index contributed by atoms with van der Waals surface area (Å²) in [6, 6.07) is 4.38. The van der Waals surface area contributed by atoms with E-state index in [4.69, 9.17) is 14.6 Å². The van der Waals surface area contributed by atoms with E-state index in [1.165, 1.54) is 24.9 Å². The van der Waals surface area contributed by atoms with Crippen LogP contribution in [0.2, 0.25) is 0 Å². The van der Waals surface area contributed by atoms with Gasteiger partial charge in [0.15, 0.2) is 6.04 Å². The van der Waals surface area contributed by atoms with Crippen LogP contribution in [0.25, 0.3) is 0 Å². The number of thioether (sulfide) groups is 1. The largest absolute Gasteiger partial charge is 0.507 e. The van der Waals surface area contributed by atoms with E-state index in [9.17, 15) is 9.90 Å². The van der Waals surface area contributed by atoms with Crippen LogP contribution in [0.1, 0.15) is 5.56 Å². The number of carbonyl (C=O) groups is 1. The molecule has 23 heavy (non-hydrogen) atoms. The first-order valence-electron chi connectivity index (χ1n) is 7.09. The molecule has 2 rings (SSSR count). The zero-order valence-corrected chi connectivity index (χ0v) is 13.5. The Morgan fingerprint density at radius 1 is 1.39 bits per heavy atom. The number of esters is 1. The van der Waals surface area contributed by atoms with Crippen molar-refractivity contribution in [2.45, 2.75) is 6.04 Å². The maximum Gasteiger partial charge on any atom is 0.331 e. The zero-order valence-electron chi connectivity index (χ0n) is 12.7. The summed E-state index contributed by atoms with van der Waals surface area (Å²) in [7, 11) is 1.33. The van der Waals surface area contributed by atoms with E-state index < -0.39 is 6.04 Å². The molecule has 126 valence electrons. The maximum atomic E-state index is 11.5. The standard InChI is InChI=1S/C15H19NO6S/c1-20-15(19)12-9-23-14(16-12)11-3-2-10(8-13(11)18)22-7-6-21-5-4-17/h2-3,8,12,17-18H,4-7,9H2,1H3. The van der Waals surface area contributed by atoms with Gasteiger partial charge in [-0.15, -0.1) is 11.8 Å². The predicted octanol–water partition coefficient (Wildman–Crippen LogP) is 0.815. The number of aromatic hydroxyl groups is 1. The van der Waals surface area contributed by atoms with Gasteiger partial charge in [-0.1, -0.05) is 0 Å². The van der Waals surface area contributed by atoms with Crippen LogP contribution in [0.5, 0.6) is 11.5 Å². The fourth-order valence-electron chi connectivity index (χ4n) is 1.95. The third-order valence-electron chi connectivity index (χ3n) is 3.06. The lowest BCUT2D eigenvalue weighted by atomic mass is 10.2. The van der Waals surface area contributed by atoms with E-state index in [1.54, 1.807) is 12.1 Å². The van der Waals surface area contributed by atoms with Gasteiger partial charge in [-0.3, -0.25) is 4.99 Å². The summed E-state index contributed by atoms with van der Waals surface area (Å²) in [6.45, 7) is 0.916. The van der Waals surface area contributed by atoms with Gasteiger partial charge >= 0.3 is 5.97 Å². The van der Waals surface area contributed by atoms with Gasteiger partial charge in [-0.05, 0) is 12.1 Å². The van der Waals surface area contributed by atoms with Crippen molar-refractivity contribution in [3.8, 4) is 11.5 Å². The monoisotopic (exact) mass is 341 g/mol. The summed E-state index contributed by atoms with van der Waals surface area (Å²) in [5.74, 6) is 0.666. The van der Waals surface area contributed by atoms with Gasteiger partial charge in [-0.25, -0.2) is 4.79 Å². The minimum Gasteiger partial charge on any atom is -0.507 e. The third-order valence-corrected chi connectivity index (χ3v) is 4.14. The Balaban J connectivity index is 1.96. The number of phenols is 1. The van der Waals surface area contributed by atoms with E-state index in [0.29, 0.717) is 35.3 Å². The fraction of sp³-hybridized carbons (Fsp3) is 0.467. The number of hydrogen-bond acceptors (Lipinski definition) is 8. The van der Waals surface area contributed by atoms with E-state index in [2.05, 4.69) is 9.73 Å². The molecule has 0 radical (unpaired) electrons. The molecule has 0 spiro atoms. The molecule has 8 heteroatoms. The van der Waals surface area contributed by atoms with Gasteiger partial charge in [0, 0.05) is 17.4 Å². The first kappa shape index (κ1) is 17.6. The number of aliphatic hydroxyl groups is 1. The number of aliphatic imine (C=N–C) groups is 1. The lowest BCUT2D eigenvalue weighted by molar-refractivity contribution is -0.141. The van der Waals surface area contributed by atoms with Crippen LogP contribution in [0.15, 0.2) is 23.2 Å². The second kappa shape index (κ2) is 8.76. The fourth-order valence-corrected chi connectivity index (χ4v) is 3.00. The van der Waals surface area contributed by atoms with Crippen molar-refractivity contribution >= 4 is 22.8 Å². The Morgan fingerprint density at radius 2 is 2.22 bits per heavy atom. The number of phenolic OH excluding ortho intramolecular Hbond substituents is 1. The molecule has 1 aliphatic rings. The second-order valence-corrected chi connectivity index (χ2v) is 5.66. The van der Waals surface area contributed by atoms with E-state index in [1.807, 2.05) is 0 Å². The second-order valence-electron chi connectivity index (χ2n) is 4.65. The first-order valence-corrected chi connectivity index (χ1v) is 8.07. The minimum absolute atomic E-state index is 0.0260. The minimum atomic E-state index is -0.529. The van der Waals surface area contributed by atoms with Crippen LogP contribution in [0.3, 0.4) is 0 Å². The molecule has 1 aromatic carbocycles. The highest BCUT2D eigenvalue weighted by Gasteiger charge is 2.27. The molecular formula is C15H19NO6S. The summed E-state index contributed by atoms with van der Waals surface area (Å²) in [6.07, 6.45) is 0. The van der Waals surface area contributed by atoms with Crippen molar-refractivity contribution in [2.24, 2.45) is 4.99 Å². The smallest absolute Gasteiger partial charge is 0.331 e. The summed E-state index contributed by atoms with van der Waals surface area (Å²) >= 11 is 1.40. The molecule has 1 heterocycles. The van der Waals surface area contributed by atoms with Gasteiger partial charge in [0.2, 0.25) is 0 Å². The van der Waals surface area contributed by atoms with Crippen molar-refractivity contribution in [3.05, 3.63) is 23.8 Å². The molecule has 0 bridgehead atoms. The molecule has 0 saturated heterocycles. The first-order chi connectivity index (χ1) is 11.2. The number of carbonyl (C=O) groups excluding carboxylic acids is 1. The number of aliphatic hydroxyl groups excluding tert-OH is 1. The van der Waals surface area contributed by atoms with Crippen molar-refractivity contribution < 1.29 is 29.2 Å². The molecule has 0 fully saturated rings. The van der Waals surface area contributed by atoms with Crippen LogP contribution in [-0.4, -0.2) is 66.6 Å². The van der Waals surface area contributed by atoms with Crippen molar-refractivity contribution in [3.63, 3.8) is 0 Å². The Hall–Kier alpha value is -1.77. The molecule has 1 aliphatic heterocycles. The van der Waals surface area contributed by atoms with E-state index in [-0.39, 0.29) is 24.9 Å². The van der Waals surface area contributed by atoms with E-state index >= 15 is 0 Å². The van der Waals surface area contributed by atoms with Crippen LogP contribution in [0, 0.1) is 0 Å². The summed E-state index contributed by atoms with van der Waals surface area (Å²) in [4.78, 5) is 15.7. The van der Waals surface area contributed by atoms with Gasteiger partial charge in [0.05, 0.1) is 26.9 Å². The van der Waals surface area contributed by atoms with Crippen molar-refractivity contribution in [1.82, 2.24) is 0 Å². The maximum absolute atomic E-state index is 11.5. The average Bonchev–Trinajstić information content (AvgIpc) is 3.03. The molecule has 0 saturated carbocycles. The normalized spacial score (nSPS) is 17.0. The average molecular weight is 341 g/mol. The van der Waals surface area contributed by atoms with Crippen LogP contribution in [0.4, 0.5) is 0 Å². The Bertz CT molecular complexity index is 577. The lowest BCUT2D eigenvalue weighted by Crippen LogP contribution is -2.19. The highest BCUT2D eigenvalue weighted by atomic mass is 32.2. The topological polar surface area (TPSA) is 97.6 Å². The van der Waals surface area contributed by atoms with Gasteiger partial charge in [-0.2, -0.15) is 0 Å². The predicted molar refractivity (Wildman–Crippen MR) is 86.3 cm³/mol. The Labute approximate surface area is 138 Å². The molecule has 7 nitrogen and oxygen atoms in total. The number of methoxy groups -OCH3 is 1. The summed E-state index contributed by atoms with van der Waals surface area (Å²) in [5.41, 5.74) is 0.560. The molecule has 0 aliphatic carbocycles. The zero-order chi connectivity index (χ0) is 16.7. The van der Waals surface area contributed by atoms with E-state index in [0.717, 1.165) is 0 Å². The number of benzene rings is 1. The number of ether oxygens (including phenoxy) is 3. The molecule has 0 aromatic heterocycles. The molecule has 1 unspecified atom stereocenters. The Morgan fingerprint density at radius 3 is 2.91 bits per heavy atom. The highest BCUT2D eigenvalue weighted by molar-refractivity contribution is 8.14. The SMILES string of the molecule is COC(=O)C1CSC(c2ccc(OCCOCCO)cc2O)=N1. The van der Waals surface area contributed by atoms with Gasteiger partial charge in [0.25, 0.3) is 0 Å². The number of hydrogen-bond donors (Lipinski definition) is 2. The highest BCUT2D eigenvalue weighted by Crippen LogP contribution is 2.31. The molecule has 2 N–H and O–H groups in total. The third kappa shape index (κ3) is 4.85. The van der Waals surface area contributed by atoms with Gasteiger partial charge in [0.1, 0.15) is 23.1 Å². The molecule has 1 atom stereocenters. The Kier molecular flexibility index (Phi) is 6.69. The molecule has 0 amide bonds. The quantitative estimate of drug-likeness (QED) is 0.533. The van der Waals surface area contributed by atoms with Crippen LogP contribution >= 0.6 is 11.8 Å². The van der Waals surface area contributed by atoms with Crippen LogP contribution in [-0.2, 0) is 14.3 Å². The number of nitrogens with zero attached hydrogens (tertiary/aromatic N) is 1. The summed E-state index contributed by atoms with van der Waals surface area (Å²) < 4.78 is 15.2. The molecular weight excluding hydrogens is 322 g/mol. The lowest BCUT2D eigenvalue weighted by Gasteiger charge is -2.09. The summed E-state index contributed by atoms with van der Waals surface area (Å²) in [5, 5.41) is 19.3.